The number of carbonyl (C=O) groups excluding carboxylic acids is 1. The van der Waals surface area contributed by atoms with Crippen LogP contribution in [0.1, 0.15) is 55.4 Å². The van der Waals surface area contributed by atoms with Gasteiger partial charge in [0.2, 0.25) is 11.6 Å². The number of hydrogen-bond acceptors (Lipinski definition) is 5. The number of fused-ring (bicyclic) bond motifs is 1. The van der Waals surface area contributed by atoms with Crippen LogP contribution in [0, 0.1) is 5.82 Å². The summed E-state index contributed by atoms with van der Waals surface area (Å²) in [7, 11) is 0. The highest BCUT2D eigenvalue weighted by Gasteiger charge is 2.23. The Morgan fingerprint density at radius 2 is 1.88 bits per heavy atom. The molecule has 9 heteroatoms. The van der Waals surface area contributed by atoms with Gasteiger partial charge in [0.1, 0.15) is 18.1 Å². The van der Waals surface area contributed by atoms with Crippen LogP contribution in [0.25, 0.3) is 5.78 Å². The first-order chi connectivity index (χ1) is 15.4. The summed E-state index contributed by atoms with van der Waals surface area (Å²) >= 11 is 7.07. The fourth-order valence-electron chi connectivity index (χ4n) is 3.50. The minimum atomic E-state index is -0.523. The third-order valence-corrected chi connectivity index (χ3v) is 6.49. The molecular formula is C23H27Br2FN4O2. The van der Waals surface area contributed by atoms with E-state index < -0.39 is 5.82 Å². The molecule has 0 saturated heterocycles. The van der Waals surface area contributed by atoms with Gasteiger partial charge >= 0.3 is 0 Å². The second-order valence-corrected chi connectivity index (χ2v) is 9.14. The zero-order valence-corrected chi connectivity index (χ0v) is 21.7. The highest BCUT2D eigenvalue weighted by Crippen LogP contribution is 2.35. The summed E-state index contributed by atoms with van der Waals surface area (Å²) in [5.74, 6) is 0.193. The van der Waals surface area contributed by atoms with Crippen LogP contribution in [0.15, 0.2) is 33.5 Å². The number of ether oxygens (including phenoxy) is 1. The Bertz CT molecular complexity index is 1080. The number of ketones is 1. The molecule has 0 unspecified atom stereocenters. The summed E-state index contributed by atoms with van der Waals surface area (Å²) in [5, 5.41) is 0. The molecule has 0 spiro atoms. The second-order valence-electron chi connectivity index (χ2n) is 7.43. The predicted molar refractivity (Wildman–Crippen MR) is 130 cm³/mol. The number of unbranched alkanes of at least 4 members (excludes halogenated alkanes) is 1. The number of aromatic nitrogens is 3. The molecule has 0 bridgehead atoms. The van der Waals surface area contributed by atoms with E-state index in [1.165, 1.54) is 10.6 Å². The van der Waals surface area contributed by atoms with Crippen LogP contribution < -0.4 is 4.74 Å². The number of imidazole rings is 1. The van der Waals surface area contributed by atoms with Crippen LogP contribution in [0.4, 0.5) is 4.39 Å². The molecule has 0 N–H and O–H groups in total. The quantitative estimate of drug-likeness (QED) is 0.278. The van der Waals surface area contributed by atoms with Gasteiger partial charge in [-0.25, -0.2) is 14.4 Å². The lowest BCUT2D eigenvalue weighted by atomic mass is 10.0. The maximum Gasteiger partial charge on any atom is 0.234 e. The average molecular weight is 570 g/mol. The molecule has 0 radical (unpaired) electrons. The van der Waals surface area contributed by atoms with Crippen LogP contribution in [0.3, 0.4) is 0 Å². The van der Waals surface area contributed by atoms with Gasteiger partial charge in [0.15, 0.2) is 5.82 Å². The summed E-state index contributed by atoms with van der Waals surface area (Å²) in [6, 6.07) is 3.46. The van der Waals surface area contributed by atoms with E-state index in [1.54, 1.807) is 12.1 Å². The number of rotatable bonds is 11. The molecule has 6 nitrogen and oxygen atoms in total. The smallest absolute Gasteiger partial charge is 0.234 e. The summed E-state index contributed by atoms with van der Waals surface area (Å²) in [6.07, 6.45) is 4.82. The molecule has 0 aliphatic carbocycles. The van der Waals surface area contributed by atoms with Gasteiger partial charge in [0, 0.05) is 12.1 Å². The predicted octanol–water partition coefficient (Wildman–Crippen LogP) is 5.69. The Morgan fingerprint density at radius 3 is 2.50 bits per heavy atom. The largest absolute Gasteiger partial charge is 0.490 e. The van der Waals surface area contributed by atoms with E-state index in [4.69, 9.17) is 4.74 Å². The van der Waals surface area contributed by atoms with E-state index in [-0.39, 0.29) is 5.78 Å². The minimum absolute atomic E-state index is 0.243. The molecule has 0 amide bonds. The normalized spacial score (nSPS) is 11.5. The molecule has 1 aromatic carbocycles. The first kappa shape index (κ1) is 24.8. The highest BCUT2D eigenvalue weighted by atomic mass is 79.9. The Labute approximate surface area is 204 Å². The molecule has 3 rings (SSSR count). The topological polar surface area (TPSA) is 59.7 Å². The van der Waals surface area contributed by atoms with E-state index in [9.17, 15) is 9.18 Å². The average Bonchev–Trinajstić information content (AvgIpc) is 3.13. The molecule has 172 valence electrons. The minimum Gasteiger partial charge on any atom is -0.490 e. The summed E-state index contributed by atoms with van der Waals surface area (Å²) in [5.41, 5.74) is 1.42. The molecule has 0 saturated carbocycles. The van der Waals surface area contributed by atoms with Crippen LogP contribution >= 0.6 is 31.9 Å². The van der Waals surface area contributed by atoms with Gasteiger partial charge in [0.25, 0.3) is 0 Å². The van der Waals surface area contributed by atoms with Crippen molar-refractivity contribution in [1.29, 1.82) is 0 Å². The van der Waals surface area contributed by atoms with E-state index in [2.05, 4.69) is 67.5 Å². The maximum atomic E-state index is 13.9. The van der Waals surface area contributed by atoms with E-state index in [0.29, 0.717) is 50.5 Å². The van der Waals surface area contributed by atoms with Gasteiger partial charge in [0.05, 0.1) is 27.0 Å². The fraction of sp³-hybridized carbons (Fsp3) is 0.435. The highest BCUT2D eigenvalue weighted by molar-refractivity contribution is 9.11. The SMILES string of the molecule is CCCCc1nc2ncc(F)cn2c1C(=O)c1cc(Br)c(OCCN(CC)CC)c(Br)c1. The molecule has 2 heterocycles. The third kappa shape index (κ3) is 5.55. The van der Waals surface area contributed by atoms with Crippen molar-refractivity contribution >= 4 is 43.4 Å². The van der Waals surface area contributed by atoms with E-state index in [0.717, 1.165) is 38.7 Å². The molecular weight excluding hydrogens is 543 g/mol. The van der Waals surface area contributed by atoms with Crippen LogP contribution in [0.2, 0.25) is 0 Å². The van der Waals surface area contributed by atoms with Gasteiger partial charge in [-0.15, -0.1) is 0 Å². The number of hydrogen-bond donors (Lipinski definition) is 0. The van der Waals surface area contributed by atoms with E-state index in [1.807, 2.05) is 0 Å². The second kappa shape index (κ2) is 11.3. The zero-order valence-electron chi connectivity index (χ0n) is 18.5. The lowest BCUT2D eigenvalue weighted by molar-refractivity contribution is 0.103. The van der Waals surface area contributed by atoms with Crippen molar-refractivity contribution in [1.82, 2.24) is 19.3 Å². The number of aryl methyl sites for hydroxylation is 1. The Hall–Kier alpha value is -1.84. The van der Waals surface area contributed by atoms with Crippen molar-refractivity contribution in [3.05, 3.63) is 56.2 Å². The first-order valence-electron chi connectivity index (χ1n) is 10.8. The van der Waals surface area contributed by atoms with Crippen molar-refractivity contribution in [3.8, 4) is 5.75 Å². The van der Waals surface area contributed by atoms with Crippen LogP contribution in [0.5, 0.6) is 5.75 Å². The Kier molecular flexibility index (Phi) is 8.79. The Morgan fingerprint density at radius 1 is 1.19 bits per heavy atom. The first-order valence-corrected chi connectivity index (χ1v) is 12.4. The lowest BCUT2D eigenvalue weighted by Gasteiger charge is -2.19. The zero-order chi connectivity index (χ0) is 23.3. The van der Waals surface area contributed by atoms with Gasteiger partial charge < -0.3 is 9.64 Å². The molecule has 0 fully saturated rings. The van der Waals surface area contributed by atoms with Crippen LogP contribution in [-0.2, 0) is 6.42 Å². The molecule has 0 aliphatic rings. The van der Waals surface area contributed by atoms with Crippen molar-refractivity contribution in [2.75, 3.05) is 26.2 Å². The fourth-order valence-corrected chi connectivity index (χ4v) is 4.91. The number of halogens is 3. The van der Waals surface area contributed by atoms with Gasteiger partial charge in [-0.3, -0.25) is 9.20 Å². The lowest BCUT2D eigenvalue weighted by Crippen LogP contribution is -2.28. The van der Waals surface area contributed by atoms with Crippen molar-refractivity contribution in [2.24, 2.45) is 0 Å². The number of likely N-dealkylation sites (N-methyl/N-ethyl adjacent to an activating group) is 1. The van der Waals surface area contributed by atoms with Gasteiger partial charge in [-0.2, -0.15) is 0 Å². The van der Waals surface area contributed by atoms with Crippen molar-refractivity contribution in [3.63, 3.8) is 0 Å². The summed E-state index contributed by atoms with van der Waals surface area (Å²) < 4.78 is 22.6. The number of benzene rings is 1. The summed E-state index contributed by atoms with van der Waals surface area (Å²) in [6.45, 7) is 9.58. The molecule has 2 aromatic heterocycles. The summed E-state index contributed by atoms with van der Waals surface area (Å²) in [4.78, 5) is 24.3. The maximum absolute atomic E-state index is 13.9. The monoisotopic (exact) mass is 568 g/mol. The van der Waals surface area contributed by atoms with Crippen molar-refractivity contribution < 1.29 is 13.9 Å². The number of nitrogens with zero attached hydrogens (tertiary/aromatic N) is 4. The Balaban J connectivity index is 1.92. The molecule has 32 heavy (non-hydrogen) atoms. The van der Waals surface area contributed by atoms with Gasteiger partial charge in [-0.1, -0.05) is 27.2 Å². The molecule has 3 aromatic rings. The number of carbonyl (C=O) groups is 1. The molecule has 0 aliphatic heterocycles. The third-order valence-electron chi connectivity index (χ3n) is 5.31. The molecule has 0 atom stereocenters. The standard InChI is InChI=1S/C23H27Br2FN4O2/c1-4-7-8-19-20(30-14-16(26)13-27-23(30)28-19)21(31)15-11-17(24)22(18(25)12-15)32-10-9-29(5-2)6-3/h11-14H,4-10H2,1-3H3. The van der Waals surface area contributed by atoms with Gasteiger partial charge in [-0.05, 0) is 69.9 Å². The van der Waals surface area contributed by atoms with E-state index >= 15 is 0 Å². The van der Waals surface area contributed by atoms with Crippen LogP contribution in [-0.4, -0.2) is 51.3 Å². The van der Waals surface area contributed by atoms with Crippen molar-refractivity contribution in [2.45, 2.75) is 40.0 Å².